The molecule has 0 aliphatic rings. The number of hydrogen-bond donors (Lipinski definition) is 0. The van der Waals surface area contributed by atoms with E-state index in [0.29, 0.717) is 15.9 Å². The molecule has 1 heterocycles. The maximum Gasteiger partial charge on any atom is 0.204 e. The summed E-state index contributed by atoms with van der Waals surface area (Å²) in [5.41, 5.74) is 0.435. The van der Waals surface area contributed by atoms with Crippen LogP contribution in [0.3, 0.4) is 0 Å². The number of pyridine rings is 1. The van der Waals surface area contributed by atoms with Gasteiger partial charge in [-0.1, -0.05) is 11.6 Å². The zero-order valence-corrected chi connectivity index (χ0v) is 6.88. The Morgan fingerprint density at radius 2 is 2.08 bits per heavy atom. The van der Waals surface area contributed by atoms with E-state index in [4.69, 9.17) is 11.6 Å². The molecule has 0 amide bonds. The summed E-state index contributed by atoms with van der Waals surface area (Å²) in [5, 5.41) is 12.5. The fourth-order valence-electron chi connectivity index (χ4n) is 1.11. The molecule has 0 saturated heterocycles. The number of aromatic nitrogens is 1. The maximum atomic E-state index is 11.2. The van der Waals surface area contributed by atoms with Crippen molar-refractivity contribution in [2.45, 2.75) is 0 Å². The Kier molecular flexibility index (Phi) is 1.62. The van der Waals surface area contributed by atoms with Gasteiger partial charge in [0.25, 0.3) is 0 Å². The van der Waals surface area contributed by atoms with Crippen molar-refractivity contribution >= 4 is 22.5 Å². The molecule has 3 heteroatoms. The van der Waals surface area contributed by atoms with Gasteiger partial charge in [0.1, 0.15) is 5.52 Å². The topological polar surface area (TPSA) is 32.8 Å². The minimum absolute atomic E-state index is 0.0880. The van der Waals surface area contributed by atoms with Crippen LogP contribution < -0.4 is 0 Å². The van der Waals surface area contributed by atoms with Gasteiger partial charge in [-0.15, -0.1) is 0 Å². The maximum absolute atomic E-state index is 11.2. The van der Waals surface area contributed by atoms with E-state index in [9.17, 15) is 5.11 Å². The average molecular weight is 179 g/mol. The minimum Gasteiger partial charge on any atom is -0.288 e. The fraction of sp³-hybridized carbons (Fsp3) is 0. The van der Waals surface area contributed by atoms with E-state index in [2.05, 4.69) is 4.98 Å². The number of hydrogen-bond acceptors (Lipinski definition) is 1. The summed E-state index contributed by atoms with van der Waals surface area (Å²) in [5.74, 6) is -0.0880. The van der Waals surface area contributed by atoms with Crippen LogP contribution >= 0.6 is 11.6 Å². The first-order valence-electron chi connectivity index (χ1n) is 3.49. The number of fused-ring (bicyclic) bond motifs is 1. The molecule has 0 aliphatic carbocycles. The normalized spacial score (nSPS) is 10.4. The van der Waals surface area contributed by atoms with Crippen LogP contribution in [0.15, 0.2) is 30.5 Å². The van der Waals surface area contributed by atoms with E-state index in [1.165, 1.54) is 6.07 Å². The summed E-state index contributed by atoms with van der Waals surface area (Å²) >= 11 is 5.85. The van der Waals surface area contributed by atoms with Gasteiger partial charge in [-0.25, -0.2) is 0 Å². The summed E-state index contributed by atoms with van der Waals surface area (Å²) in [7, 11) is 0. The second-order valence-electron chi connectivity index (χ2n) is 2.45. The van der Waals surface area contributed by atoms with E-state index in [0.717, 1.165) is 0 Å². The molecular weight excluding hydrogens is 174 g/mol. The monoisotopic (exact) mass is 178 g/mol. The zero-order valence-electron chi connectivity index (χ0n) is 6.12. The second kappa shape index (κ2) is 2.64. The first-order valence-corrected chi connectivity index (χ1v) is 3.87. The van der Waals surface area contributed by atoms with Crippen LogP contribution in [0.25, 0.3) is 10.9 Å². The van der Waals surface area contributed by atoms with Gasteiger partial charge < -0.3 is 0 Å². The van der Waals surface area contributed by atoms with Crippen molar-refractivity contribution in [3.05, 3.63) is 35.5 Å². The molecule has 1 radical (unpaired) electrons. The van der Waals surface area contributed by atoms with Crippen LogP contribution in [-0.4, -0.2) is 4.98 Å². The summed E-state index contributed by atoms with van der Waals surface area (Å²) < 4.78 is 0. The summed E-state index contributed by atoms with van der Waals surface area (Å²) in [4.78, 5) is 3.94. The average Bonchev–Trinajstić information content (AvgIpc) is 2.12. The van der Waals surface area contributed by atoms with Crippen LogP contribution in [0, 0.1) is 0 Å². The molecular formula is C9H5ClNO. The lowest BCUT2D eigenvalue weighted by Crippen LogP contribution is -1.78. The van der Waals surface area contributed by atoms with Gasteiger partial charge in [0, 0.05) is 11.6 Å². The lowest BCUT2D eigenvalue weighted by molar-refractivity contribution is 0.359. The van der Waals surface area contributed by atoms with E-state index >= 15 is 0 Å². The smallest absolute Gasteiger partial charge is 0.204 e. The second-order valence-corrected chi connectivity index (χ2v) is 2.85. The predicted molar refractivity (Wildman–Crippen MR) is 46.9 cm³/mol. The van der Waals surface area contributed by atoms with E-state index in [1.807, 2.05) is 0 Å². The summed E-state index contributed by atoms with van der Waals surface area (Å²) in [6.45, 7) is 0. The highest BCUT2D eigenvalue weighted by atomic mass is 35.5. The highest BCUT2D eigenvalue weighted by Gasteiger charge is 2.04. The van der Waals surface area contributed by atoms with Gasteiger partial charge >= 0.3 is 0 Å². The van der Waals surface area contributed by atoms with Crippen molar-refractivity contribution < 1.29 is 5.11 Å². The van der Waals surface area contributed by atoms with Gasteiger partial charge in [-0.05, 0) is 24.3 Å². The zero-order chi connectivity index (χ0) is 8.55. The lowest BCUT2D eigenvalue weighted by atomic mass is 10.2. The molecule has 0 aliphatic heterocycles. The fourth-order valence-corrected chi connectivity index (χ4v) is 1.33. The lowest BCUT2D eigenvalue weighted by Gasteiger charge is -1.98. The standard InChI is InChI=1S/C9H5ClNO/c10-7-3-4-8(12)9-6(7)2-1-5-11-9/h1-5H. The Morgan fingerprint density at radius 3 is 2.83 bits per heavy atom. The number of nitrogens with zero attached hydrogens (tertiary/aromatic N) is 1. The molecule has 12 heavy (non-hydrogen) atoms. The van der Waals surface area contributed by atoms with E-state index < -0.39 is 0 Å². The molecule has 0 unspecified atom stereocenters. The highest BCUT2D eigenvalue weighted by Crippen LogP contribution is 2.28. The van der Waals surface area contributed by atoms with Crippen LogP contribution in [0.4, 0.5) is 0 Å². The van der Waals surface area contributed by atoms with Crippen LogP contribution in [-0.2, 0) is 5.11 Å². The molecule has 0 N–H and O–H groups in total. The highest BCUT2D eigenvalue weighted by molar-refractivity contribution is 6.35. The number of rotatable bonds is 0. The van der Waals surface area contributed by atoms with E-state index in [1.54, 1.807) is 24.4 Å². The third kappa shape index (κ3) is 1.01. The molecule has 1 aromatic carbocycles. The van der Waals surface area contributed by atoms with Crippen molar-refractivity contribution in [3.63, 3.8) is 0 Å². The minimum atomic E-state index is -0.0880. The quantitative estimate of drug-likeness (QED) is 0.610. The molecule has 0 saturated carbocycles. The van der Waals surface area contributed by atoms with Crippen molar-refractivity contribution in [1.82, 2.24) is 4.98 Å². The number of halogens is 1. The molecule has 1 aromatic heterocycles. The Morgan fingerprint density at radius 1 is 1.25 bits per heavy atom. The SMILES string of the molecule is [O]c1ccc(Cl)c2cccnc12. The van der Waals surface area contributed by atoms with Crippen molar-refractivity contribution in [2.75, 3.05) is 0 Å². The van der Waals surface area contributed by atoms with Gasteiger partial charge in [-0.3, -0.25) is 10.1 Å². The van der Waals surface area contributed by atoms with Gasteiger partial charge in [0.05, 0.1) is 5.02 Å². The van der Waals surface area contributed by atoms with Gasteiger partial charge in [0.2, 0.25) is 5.75 Å². The molecule has 0 fully saturated rings. The van der Waals surface area contributed by atoms with Gasteiger partial charge in [-0.2, -0.15) is 0 Å². The third-order valence-corrected chi connectivity index (χ3v) is 2.01. The molecule has 2 nitrogen and oxygen atoms in total. The van der Waals surface area contributed by atoms with Crippen LogP contribution in [0.2, 0.25) is 5.02 Å². The Bertz CT molecular complexity index is 387. The Hall–Kier alpha value is -1.28. The van der Waals surface area contributed by atoms with Gasteiger partial charge in [0.15, 0.2) is 0 Å². The molecule has 2 rings (SSSR count). The molecule has 0 spiro atoms. The first-order chi connectivity index (χ1) is 5.79. The Labute approximate surface area is 74.4 Å². The summed E-state index contributed by atoms with van der Waals surface area (Å²) in [6.07, 6.45) is 1.58. The third-order valence-electron chi connectivity index (χ3n) is 1.68. The summed E-state index contributed by atoms with van der Waals surface area (Å²) in [6, 6.07) is 6.56. The number of benzene rings is 1. The van der Waals surface area contributed by atoms with Crippen LogP contribution in [0.5, 0.6) is 5.75 Å². The van der Waals surface area contributed by atoms with Crippen molar-refractivity contribution in [2.24, 2.45) is 0 Å². The molecule has 0 atom stereocenters. The van der Waals surface area contributed by atoms with E-state index in [-0.39, 0.29) is 5.75 Å². The van der Waals surface area contributed by atoms with Crippen molar-refractivity contribution in [3.8, 4) is 5.75 Å². The first kappa shape index (κ1) is 7.37. The van der Waals surface area contributed by atoms with Crippen molar-refractivity contribution in [1.29, 1.82) is 0 Å². The van der Waals surface area contributed by atoms with Crippen LogP contribution in [0.1, 0.15) is 0 Å². The Balaban J connectivity index is 2.95. The largest absolute Gasteiger partial charge is 0.288 e. The predicted octanol–water partition coefficient (Wildman–Crippen LogP) is 3.03. The molecule has 59 valence electrons. The molecule has 2 aromatic rings. The molecule has 0 bridgehead atoms.